The molecule has 0 aliphatic carbocycles. The van der Waals surface area contributed by atoms with Crippen LogP contribution in [0, 0.1) is 12.8 Å². The minimum atomic E-state index is -3.16. The summed E-state index contributed by atoms with van der Waals surface area (Å²) in [6.07, 6.45) is 2.48. The third-order valence-corrected chi connectivity index (χ3v) is 6.27. The van der Waals surface area contributed by atoms with Crippen LogP contribution in [-0.2, 0) is 14.8 Å². The minimum Gasteiger partial charge on any atom is -0.449 e. The Hall–Kier alpha value is -2.50. The summed E-state index contributed by atoms with van der Waals surface area (Å²) >= 11 is 0. The molecule has 1 aromatic carbocycles. The third kappa shape index (κ3) is 7.01. The van der Waals surface area contributed by atoms with Gasteiger partial charge in [0.05, 0.1) is 57.3 Å². The Morgan fingerprint density at radius 1 is 1.29 bits per heavy atom. The molecule has 2 aromatic rings. The van der Waals surface area contributed by atoms with E-state index in [1.54, 1.807) is 25.1 Å². The molecule has 1 fully saturated rings. The lowest BCUT2D eigenvalue weighted by atomic mass is 9.96. The van der Waals surface area contributed by atoms with Gasteiger partial charge in [0, 0.05) is 18.8 Å². The van der Waals surface area contributed by atoms with Crippen LogP contribution in [0.3, 0.4) is 0 Å². The van der Waals surface area contributed by atoms with Gasteiger partial charge in [-0.25, -0.2) is 17.9 Å². The van der Waals surface area contributed by atoms with Crippen LogP contribution in [0.15, 0.2) is 28.8 Å². The summed E-state index contributed by atoms with van der Waals surface area (Å²) in [5, 5.41) is 6.55. The SMILES string of the molecule is Cc1noc(-c2ccccc2NC(=O)OCC2CC[N+](C)(CCNS(C)(=O)=O)CC2)n1. The number of anilines is 1. The standard InChI is InChI=1S/C20H29N5O5S/c1-15-22-19(30-24-15)17-6-4-5-7-18(17)23-20(26)29-14-16-8-11-25(2,12-9-16)13-10-21-31(3,27)28/h4-7,16,21H,8-14H2,1-3H3/p+1. The molecule has 0 spiro atoms. The molecular weight excluding hydrogens is 422 g/mol. The number of benzene rings is 1. The van der Waals surface area contributed by atoms with Crippen molar-refractivity contribution in [1.82, 2.24) is 14.9 Å². The number of hydrogen-bond acceptors (Lipinski definition) is 7. The molecule has 0 bridgehead atoms. The first-order valence-electron chi connectivity index (χ1n) is 10.3. The summed E-state index contributed by atoms with van der Waals surface area (Å²) in [7, 11) is -1.04. The number of nitrogens with one attached hydrogen (secondary N) is 2. The van der Waals surface area contributed by atoms with Crippen LogP contribution in [0.4, 0.5) is 10.5 Å². The topological polar surface area (TPSA) is 123 Å². The van der Waals surface area contributed by atoms with Crippen molar-refractivity contribution in [3.8, 4) is 11.5 Å². The maximum Gasteiger partial charge on any atom is 0.411 e. The Bertz CT molecular complexity index is 999. The van der Waals surface area contributed by atoms with E-state index < -0.39 is 16.1 Å². The summed E-state index contributed by atoms with van der Waals surface area (Å²) in [6, 6.07) is 7.18. The number of likely N-dealkylation sites (N-methyl/N-ethyl adjacent to an activating group) is 1. The zero-order valence-electron chi connectivity index (χ0n) is 18.1. The third-order valence-electron chi connectivity index (χ3n) is 5.54. The van der Waals surface area contributed by atoms with Crippen molar-refractivity contribution in [1.29, 1.82) is 0 Å². The number of carbonyl (C=O) groups excluding carboxylic acids is 1. The monoisotopic (exact) mass is 452 g/mol. The molecule has 2 heterocycles. The molecular formula is C20H30N5O5S+. The average molecular weight is 453 g/mol. The van der Waals surface area contributed by atoms with Gasteiger partial charge in [0.15, 0.2) is 5.82 Å². The van der Waals surface area contributed by atoms with Crippen molar-refractivity contribution in [2.24, 2.45) is 5.92 Å². The number of aromatic nitrogens is 2. The first-order valence-corrected chi connectivity index (χ1v) is 12.1. The van der Waals surface area contributed by atoms with Gasteiger partial charge >= 0.3 is 6.09 Å². The van der Waals surface area contributed by atoms with Gasteiger partial charge in [-0.05, 0) is 19.1 Å². The van der Waals surface area contributed by atoms with Crippen molar-refractivity contribution < 1.29 is 27.0 Å². The highest BCUT2D eigenvalue weighted by molar-refractivity contribution is 7.88. The van der Waals surface area contributed by atoms with Gasteiger partial charge in [-0.15, -0.1) is 0 Å². The zero-order valence-corrected chi connectivity index (χ0v) is 18.9. The van der Waals surface area contributed by atoms with Crippen LogP contribution in [0.5, 0.6) is 0 Å². The molecule has 0 unspecified atom stereocenters. The van der Waals surface area contributed by atoms with Crippen LogP contribution in [0.25, 0.3) is 11.5 Å². The number of rotatable bonds is 8. The number of nitrogens with zero attached hydrogens (tertiary/aromatic N) is 3. The first-order chi connectivity index (χ1) is 14.6. The lowest BCUT2D eigenvalue weighted by Gasteiger charge is -2.40. The van der Waals surface area contributed by atoms with Gasteiger partial charge in [0.2, 0.25) is 10.0 Å². The maximum atomic E-state index is 12.3. The van der Waals surface area contributed by atoms with Crippen molar-refractivity contribution in [3.63, 3.8) is 0 Å². The van der Waals surface area contributed by atoms with Crippen molar-refractivity contribution in [3.05, 3.63) is 30.1 Å². The molecule has 1 aromatic heterocycles. The highest BCUT2D eigenvalue weighted by Gasteiger charge is 2.30. The molecule has 170 valence electrons. The summed E-state index contributed by atoms with van der Waals surface area (Å²) < 4.78 is 36.5. The second-order valence-electron chi connectivity index (χ2n) is 8.32. The Morgan fingerprint density at radius 3 is 2.65 bits per heavy atom. The van der Waals surface area contributed by atoms with Gasteiger partial charge in [-0.1, -0.05) is 17.3 Å². The van der Waals surface area contributed by atoms with E-state index in [0.29, 0.717) is 36.1 Å². The van der Waals surface area contributed by atoms with E-state index in [2.05, 4.69) is 27.2 Å². The quantitative estimate of drug-likeness (QED) is 0.587. The highest BCUT2D eigenvalue weighted by atomic mass is 32.2. The maximum absolute atomic E-state index is 12.3. The molecule has 10 nitrogen and oxygen atoms in total. The van der Waals surface area contributed by atoms with E-state index in [9.17, 15) is 13.2 Å². The lowest BCUT2D eigenvalue weighted by molar-refractivity contribution is -0.914. The molecule has 2 N–H and O–H groups in total. The Kier molecular flexibility index (Phi) is 7.29. The van der Waals surface area contributed by atoms with E-state index in [-0.39, 0.29) is 5.92 Å². The molecule has 3 rings (SSSR count). The number of ether oxygens (including phenoxy) is 1. The molecule has 1 amide bonds. The molecule has 1 aliphatic rings. The number of amides is 1. The lowest BCUT2D eigenvalue weighted by Crippen LogP contribution is -2.53. The predicted octanol–water partition coefficient (Wildman–Crippen LogP) is 2.00. The molecule has 11 heteroatoms. The highest BCUT2D eigenvalue weighted by Crippen LogP contribution is 2.27. The van der Waals surface area contributed by atoms with E-state index in [1.165, 1.54) is 6.26 Å². The molecule has 0 radical (unpaired) electrons. The molecule has 31 heavy (non-hydrogen) atoms. The number of para-hydroxylation sites is 1. The number of likely N-dealkylation sites (tertiary alicyclic amines) is 1. The van der Waals surface area contributed by atoms with E-state index in [4.69, 9.17) is 9.26 Å². The Balaban J connectivity index is 1.45. The van der Waals surface area contributed by atoms with Crippen LogP contribution in [0.2, 0.25) is 0 Å². The number of aryl methyl sites for hydroxylation is 1. The molecule has 0 saturated carbocycles. The van der Waals surface area contributed by atoms with E-state index >= 15 is 0 Å². The zero-order chi connectivity index (χ0) is 22.5. The average Bonchev–Trinajstić information content (AvgIpc) is 3.13. The fourth-order valence-corrected chi connectivity index (χ4v) is 4.12. The fourth-order valence-electron chi connectivity index (χ4n) is 3.66. The van der Waals surface area contributed by atoms with Crippen LogP contribution < -0.4 is 10.0 Å². The van der Waals surface area contributed by atoms with Crippen LogP contribution >= 0.6 is 0 Å². The predicted molar refractivity (Wildman–Crippen MR) is 116 cm³/mol. The Morgan fingerprint density at radius 2 is 2.00 bits per heavy atom. The smallest absolute Gasteiger partial charge is 0.411 e. The summed E-state index contributed by atoms with van der Waals surface area (Å²) in [6.45, 7) is 5.08. The number of carbonyl (C=O) groups is 1. The molecule has 1 aliphatic heterocycles. The normalized spacial score (nSPS) is 21.6. The van der Waals surface area contributed by atoms with Gasteiger partial charge in [0.1, 0.15) is 0 Å². The van der Waals surface area contributed by atoms with E-state index in [1.807, 2.05) is 6.07 Å². The number of sulfonamides is 1. The Labute approximate surface area is 182 Å². The summed E-state index contributed by atoms with van der Waals surface area (Å²) in [5.41, 5.74) is 1.18. The molecule has 1 saturated heterocycles. The van der Waals surface area contributed by atoms with Gasteiger partial charge in [0.25, 0.3) is 5.89 Å². The summed E-state index contributed by atoms with van der Waals surface area (Å²) in [4.78, 5) is 16.5. The molecule has 0 atom stereocenters. The number of piperidine rings is 1. The van der Waals surface area contributed by atoms with Crippen LogP contribution in [0.1, 0.15) is 18.7 Å². The largest absolute Gasteiger partial charge is 0.449 e. The van der Waals surface area contributed by atoms with Crippen LogP contribution in [-0.4, -0.2) is 75.2 Å². The first kappa shape index (κ1) is 23.2. The fraction of sp³-hybridized carbons (Fsp3) is 0.550. The second kappa shape index (κ2) is 9.75. The van der Waals surface area contributed by atoms with Gasteiger partial charge in [-0.3, -0.25) is 5.32 Å². The van der Waals surface area contributed by atoms with Crippen molar-refractivity contribution in [2.45, 2.75) is 19.8 Å². The van der Waals surface area contributed by atoms with Crippen molar-refractivity contribution in [2.75, 3.05) is 51.4 Å². The summed E-state index contributed by atoms with van der Waals surface area (Å²) in [5.74, 6) is 1.14. The van der Waals surface area contributed by atoms with E-state index in [0.717, 1.165) is 37.0 Å². The van der Waals surface area contributed by atoms with Gasteiger partial charge in [-0.2, -0.15) is 4.98 Å². The number of hydrogen-bond donors (Lipinski definition) is 2. The number of quaternary nitrogens is 1. The minimum absolute atomic E-state index is 0.286. The van der Waals surface area contributed by atoms with Gasteiger partial charge < -0.3 is 13.7 Å². The van der Waals surface area contributed by atoms with Crippen molar-refractivity contribution >= 4 is 21.8 Å². The second-order valence-corrected chi connectivity index (χ2v) is 10.1.